The summed E-state index contributed by atoms with van der Waals surface area (Å²) in [6, 6.07) is 19.5. The number of nitrogens with zero attached hydrogens (tertiary/aromatic N) is 2. The predicted molar refractivity (Wildman–Crippen MR) is 119 cm³/mol. The molecule has 0 spiro atoms. The van der Waals surface area contributed by atoms with E-state index in [1.54, 1.807) is 13.2 Å². The molecule has 2 aromatic carbocycles. The summed E-state index contributed by atoms with van der Waals surface area (Å²) in [5.74, 6) is 1.02. The molecule has 4 nitrogen and oxygen atoms in total. The molecule has 1 amide bonds. The van der Waals surface area contributed by atoms with Crippen molar-refractivity contribution < 1.29 is 9.53 Å². The lowest BCUT2D eigenvalue weighted by Gasteiger charge is -2.32. The fourth-order valence-electron chi connectivity index (χ4n) is 3.96. The lowest BCUT2D eigenvalue weighted by atomic mass is 9.93. The minimum absolute atomic E-state index is 0.0537. The van der Waals surface area contributed by atoms with E-state index >= 15 is 0 Å². The molecule has 1 aliphatic heterocycles. The number of piperidine rings is 1. The summed E-state index contributed by atoms with van der Waals surface area (Å²) >= 11 is 5.96. The van der Waals surface area contributed by atoms with E-state index in [0.717, 1.165) is 36.5 Å². The molecular weight excluding hydrogens is 396 g/mol. The average molecular weight is 421 g/mol. The Morgan fingerprint density at radius 3 is 2.67 bits per heavy atom. The maximum Gasteiger partial charge on any atom is 0.254 e. The Morgan fingerprint density at radius 2 is 1.93 bits per heavy atom. The van der Waals surface area contributed by atoms with E-state index in [1.807, 2.05) is 53.6 Å². The fraction of sp³-hybridized carbons (Fsp3) is 0.280. The van der Waals surface area contributed by atoms with Crippen LogP contribution in [0, 0.1) is 0 Å². The Hall–Kier alpha value is -2.85. The third kappa shape index (κ3) is 4.82. The van der Waals surface area contributed by atoms with E-state index in [-0.39, 0.29) is 11.8 Å². The number of hydrogen-bond acceptors (Lipinski definition) is 3. The number of ether oxygens (including phenoxy) is 1. The summed E-state index contributed by atoms with van der Waals surface area (Å²) in [5.41, 5.74) is 4.10. The smallest absolute Gasteiger partial charge is 0.254 e. The molecule has 2 heterocycles. The van der Waals surface area contributed by atoms with E-state index in [0.29, 0.717) is 17.9 Å². The number of benzene rings is 2. The Kier molecular flexibility index (Phi) is 6.34. The summed E-state index contributed by atoms with van der Waals surface area (Å²) < 4.78 is 5.26. The van der Waals surface area contributed by atoms with Crippen molar-refractivity contribution in [2.45, 2.75) is 25.2 Å². The molecule has 1 aliphatic rings. The van der Waals surface area contributed by atoms with Gasteiger partial charge in [-0.3, -0.25) is 9.78 Å². The van der Waals surface area contributed by atoms with E-state index in [2.05, 4.69) is 12.1 Å². The van der Waals surface area contributed by atoms with Crippen molar-refractivity contribution in [2.75, 3.05) is 20.2 Å². The van der Waals surface area contributed by atoms with Gasteiger partial charge in [-0.1, -0.05) is 35.9 Å². The van der Waals surface area contributed by atoms with Crippen molar-refractivity contribution in [1.29, 1.82) is 0 Å². The Labute approximate surface area is 182 Å². The molecule has 154 valence electrons. The van der Waals surface area contributed by atoms with Crippen LogP contribution in [0.5, 0.6) is 5.75 Å². The van der Waals surface area contributed by atoms with Gasteiger partial charge in [-0.15, -0.1) is 0 Å². The summed E-state index contributed by atoms with van der Waals surface area (Å²) in [6.07, 6.45) is 4.81. The maximum absolute atomic E-state index is 13.0. The highest BCUT2D eigenvalue weighted by Gasteiger charge is 2.26. The van der Waals surface area contributed by atoms with Crippen LogP contribution < -0.4 is 4.74 Å². The summed E-state index contributed by atoms with van der Waals surface area (Å²) in [4.78, 5) is 19.6. The van der Waals surface area contributed by atoms with Gasteiger partial charge in [0.1, 0.15) is 5.75 Å². The standard InChI is InChI=1S/C25H25ClN2O2/c1-30-23-6-2-4-20(15-23)25(29)28-13-3-5-21(17-28)24-12-9-19(16-27-24)14-18-7-10-22(26)11-8-18/h2,4,6-12,15-16,21H,3,5,13-14,17H2,1H3/t21-/m1/s1. The molecule has 0 radical (unpaired) electrons. The second-order valence-corrected chi connectivity index (χ2v) is 8.15. The van der Waals surface area contributed by atoms with Crippen LogP contribution in [0.2, 0.25) is 5.02 Å². The van der Waals surface area contributed by atoms with Gasteiger partial charge in [0.2, 0.25) is 0 Å². The first-order chi connectivity index (χ1) is 14.6. The van der Waals surface area contributed by atoms with Crippen LogP contribution in [0.4, 0.5) is 0 Å². The normalized spacial score (nSPS) is 16.3. The highest BCUT2D eigenvalue weighted by atomic mass is 35.5. The van der Waals surface area contributed by atoms with Crippen molar-refractivity contribution in [2.24, 2.45) is 0 Å². The van der Waals surface area contributed by atoms with Gasteiger partial charge in [-0.25, -0.2) is 0 Å². The van der Waals surface area contributed by atoms with Crippen LogP contribution in [0.25, 0.3) is 0 Å². The second-order valence-electron chi connectivity index (χ2n) is 7.72. The molecule has 5 heteroatoms. The summed E-state index contributed by atoms with van der Waals surface area (Å²) in [5, 5.41) is 0.748. The Morgan fingerprint density at radius 1 is 1.13 bits per heavy atom. The zero-order chi connectivity index (χ0) is 20.9. The number of methoxy groups -OCH3 is 1. The van der Waals surface area contributed by atoms with E-state index in [4.69, 9.17) is 21.3 Å². The van der Waals surface area contributed by atoms with Crippen LogP contribution in [-0.2, 0) is 6.42 Å². The number of rotatable bonds is 5. The van der Waals surface area contributed by atoms with Gasteiger partial charge in [-0.2, -0.15) is 0 Å². The zero-order valence-corrected chi connectivity index (χ0v) is 17.8. The van der Waals surface area contributed by atoms with Gasteiger partial charge in [0.15, 0.2) is 0 Å². The number of carbonyl (C=O) groups excluding carboxylic acids is 1. The van der Waals surface area contributed by atoms with Crippen LogP contribution in [-0.4, -0.2) is 36.0 Å². The van der Waals surface area contributed by atoms with Crippen molar-refractivity contribution >= 4 is 17.5 Å². The van der Waals surface area contributed by atoms with Crippen molar-refractivity contribution in [3.63, 3.8) is 0 Å². The second kappa shape index (κ2) is 9.31. The average Bonchev–Trinajstić information content (AvgIpc) is 2.81. The molecule has 0 aliphatic carbocycles. The molecule has 1 fully saturated rings. The number of carbonyl (C=O) groups is 1. The largest absolute Gasteiger partial charge is 0.497 e. The molecule has 1 atom stereocenters. The molecule has 4 rings (SSSR count). The van der Waals surface area contributed by atoms with Gasteiger partial charge in [0.25, 0.3) is 5.91 Å². The first-order valence-electron chi connectivity index (χ1n) is 10.2. The molecule has 1 saturated heterocycles. The predicted octanol–water partition coefficient (Wildman–Crippen LogP) is 5.35. The van der Waals surface area contributed by atoms with Gasteiger partial charge in [0.05, 0.1) is 7.11 Å². The van der Waals surface area contributed by atoms with Crippen molar-refractivity contribution in [3.8, 4) is 5.75 Å². The lowest BCUT2D eigenvalue weighted by Crippen LogP contribution is -2.39. The number of pyridine rings is 1. The molecule has 3 aromatic rings. The van der Waals surface area contributed by atoms with Crippen LogP contribution >= 0.6 is 11.6 Å². The van der Waals surface area contributed by atoms with Crippen molar-refractivity contribution in [3.05, 3.63) is 94.3 Å². The minimum atomic E-state index is 0.0537. The lowest BCUT2D eigenvalue weighted by molar-refractivity contribution is 0.0705. The van der Waals surface area contributed by atoms with Gasteiger partial charge < -0.3 is 9.64 Å². The number of likely N-dealkylation sites (tertiary alicyclic amines) is 1. The van der Waals surface area contributed by atoms with Crippen molar-refractivity contribution in [1.82, 2.24) is 9.88 Å². The van der Waals surface area contributed by atoms with E-state index < -0.39 is 0 Å². The first-order valence-corrected chi connectivity index (χ1v) is 10.6. The summed E-state index contributed by atoms with van der Waals surface area (Å²) in [6.45, 7) is 1.47. The molecule has 0 unspecified atom stereocenters. The quantitative estimate of drug-likeness (QED) is 0.558. The minimum Gasteiger partial charge on any atom is -0.497 e. The number of halogens is 1. The van der Waals surface area contributed by atoms with Gasteiger partial charge in [-0.05, 0) is 66.8 Å². The molecular formula is C25H25ClN2O2. The van der Waals surface area contributed by atoms with Crippen LogP contribution in [0.3, 0.4) is 0 Å². The topological polar surface area (TPSA) is 42.4 Å². The number of hydrogen-bond donors (Lipinski definition) is 0. The Balaban J connectivity index is 1.42. The monoisotopic (exact) mass is 420 g/mol. The van der Waals surface area contributed by atoms with Crippen LogP contribution in [0.1, 0.15) is 45.9 Å². The third-order valence-corrected chi connectivity index (χ3v) is 5.86. The van der Waals surface area contributed by atoms with E-state index in [9.17, 15) is 4.79 Å². The SMILES string of the molecule is COc1cccc(C(=O)N2CCC[C@@H](c3ccc(Cc4ccc(Cl)cc4)cn3)C2)c1. The molecule has 30 heavy (non-hydrogen) atoms. The first kappa shape index (κ1) is 20.4. The molecule has 0 saturated carbocycles. The highest BCUT2D eigenvalue weighted by molar-refractivity contribution is 6.30. The van der Waals surface area contributed by atoms with E-state index in [1.165, 1.54) is 11.1 Å². The van der Waals surface area contributed by atoms with Crippen LogP contribution in [0.15, 0.2) is 66.9 Å². The summed E-state index contributed by atoms with van der Waals surface area (Å²) in [7, 11) is 1.61. The Bertz CT molecular complexity index is 1000. The molecule has 0 bridgehead atoms. The molecule has 1 aromatic heterocycles. The molecule has 0 N–H and O–H groups in total. The maximum atomic E-state index is 13.0. The van der Waals surface area contributed by atoms with Gasteiger partial charge in [0, 0.05) is 41.5 Å². The number of aromatic nitrogens is 1. The van der Waals surface area contributed by atoms with Gasteiger partial charge >= 0.3 is 0 Å². The zero-order valence-electron chi connectivity index (χ0n) is 17.1. The third-order valence-electron chi connectivity index (χ3n) is 5.61. The number of amides is 1. The fourth-order valence-corrected chi connectivity index (χ4v) is 4.09. The highest BCUT2D eigenvalue weighted by Crippen LogP contribution is 2.27.